The van der Waals surface area contributed by atoms with Crippen molar-refractivity contribution < 1.29 is 4.74 Å². The van der Waals surface area contributed by atoms with E-state index in [1.807, 2.05) is 25.1 Å². The van der Waals surface area contributed by atoms with Gasteiger partial charge in [-0.25, -0.2) is 0 Å². The first kappa shape index (κ1) is 13.1. The molecule has 0 spiro atoms. The average molecular weight is 238 g/mol. The lowest BCUT2D eigenvalue weighted by atomic mass is 10.1. The molecule has 0 amide bonds. The molecular formula is C12H18N2OS. The van der Waals surface area contributed by atoms with Crippen LogP contribution >= 0.6 is 11.8 Å². The predicted molar refractivity (Wildman–Crippen MR) is 69.4 cm³/mol. The molecule has 1 rings (SSSR count). The van der Waals surface area contributed by atoms with E-state index in [1.54, 1.807) is 18.9 Å². The van der Waals surface area contributed by atoms with Gasteiger partial charge in [-0.05, 0) is 18.9 Å². The number of nitrogens with one attached hydrogen (secondary N) is 1. The second kappa shape index (κ2) is 6.55. The standard InChI is InChI=1S/C12H18N2OS/c1-9-5-3-6-10(12(13)14)11(9)16-8-4-7-15-2/h3,5-6H,4,7-8H2,1-2H3,(H3,13,14). The molecule has 0 aliphatic heterocycles. The molecule has 0 aromatic heterocycles. The largest absolute Gasteiger partial charge is 0.385 e. The Bertz CT molecular complexity index is 366. The van der Waals surface area contributed by atoms with E-state index in [9.17, 15) is 0 Å². The molecule has 4 heteroatoms. The van der Waals surface area contributed by atoms with Gasteiger partial charge in [0, 0.05) is 29.9 Å². The van der Waals surface area contributed by atoms with Crippen LogP contribution in [-0.4, -0.2) is 25.3 Å². The molecule has 0 unspecified atom stereocenters. The Hall–Kier alpha value is -1.00. The molecule has 0 fully saturated rings. The Morgan fingerprint density at radius 3 is 2.88 bits per heavy atom. The first-order valence-electron chi connectivity index (χ1n) is 5.22. The van der Waals surface area contributed by atoms with E-state index in [0.29, 0.717) is 0 Å². The third-order valence-corrected chi connectivity index (χ3v) is 3.56. The maximum Gasteiger partial charge on any atom is 0.123 e. The van der Waals surface area contributed by atoms with Crippen LogP contribution in [0.2, 0.25) is 0 Å². The molecule has 0 aliphatic carbocycles. The summed E-state index contributed by atoms with van der Waals surface area (Å²) in [6.07, 6.45) is 1.01. The molecule has 16 heavy (non-hydrogen) atoms. The number of ether oxygens (including phenoxy) is 1. The summed E-state index contributed by atoms with van der Waals surface area (Å²) in [5.74, 6) is 1.12. The summed E-state index contributed by atoms with van der Waals surface area (Å²) < 4.78 is 5.01. The second-order valence-electron chi connectivity index (χ2n) is 3.56. The van der Waals surface area contributed by atoms with Gasteiger partial charge < -0.3 is 10.5 Å². The highest BCUT2D eigenvalue weighted by Crippen LogP contribution is 2.26. The molecule has 0 bridgehead atoms. The molecule has 3 N–H and O–H groups in total. The SMILES string of the molecule is COCCCSc1c(C)cccc1C(=N)N. The van der Waals surface area contributed by atoms with E-state index in [2.05, 4.69) is 0 Å². The summed E-state index contributed by atoms with van der Waals surface area (Å²) in [4.78, 5) is 1.12. The minimum Gasteiger partial charge on any atom is -0.385 e. The fourth-order valence-electron chi connectivity index (χ4n) is 1.43. The van der Waals surface area contributed by atoms with Crippen LogP contribution < -0.4 is 5.73 Å². The number of thioether (sulfide) groups is 1. The van der Waals surface area contributed by atoms with Gasteiger partial charge in [-0.1, -0.05) is 18.2 Å². The Labute approximate surface area is 101 Å². The van der Waals surface area contributed by atoms with Crippen LogP contribution in [0.4, 0.5) is 0 Å². The molecule has 0 aliphatic rings. The number of nitrogens with two attached hydrogens (primary N) is 1. The van der Waals surface area contributed by atoms with Crippen molar-refractivity contribution in [2.45, 2.75) is 18.2 Å². The predicted octanol–water partition coefficient (Wildman–Crippen LogP) is 2.41. The number of aryl methyl sites for hydroxylation is 1. The summed E-state index contributed by atoms with van der Waals surface area (Å²) in [6.45, 7) is 2.82. The highest BCUT2D eigenvalue weighted by molar-refractivity contribution is 7.99. The van der Waals surface area contributed by atoms with E-state index in [-0.39, 0.29) is 5.84 Å². The van der Waals surface area contributed by atoms with E-state index in [4.69, 9.17) is 15.9 Å². The van der Waals surface area contributed by atoms with Crippen molar-refractivity contribution in [3.8, 4) is 0 Å². The minimum atomic E-state index is 0.137. The van der Waals surface area contributed by atoms with Crippen LogP contribution in [0, 0.1) is 12.3 Å². The molecule has 0 saturated carbocycles. The average Bonchev–Trinajstić information content (AvgIpc) is 2.25. The van der Waals surface area contributed by atoms with Crippen molar-refractivity contribution in [3.05, 3.63) is 29.3 Å². The number of benzene rings is 1. The normalized spacial score (nSPS) is 10.4. The molecule has 3 nitrogen and oxygen atoms in total. The molecule has 1 aromatic carbocycles. The topological polar surface area (TPSA) is 59.1 Å². The van der Waals surface area contributed by atoms with Crippen LogP contribution in [0.1, 0.15) is 17.5 Å². The van der Waals surface area contributed by atoms with E-state index in [0.717, 1.165) is 29.2 Å². The number of hydrogen-bond acceptors (Lipinski definition) is 3. The van der Waals surface area contributed by atoms with E-state index < -0.39 is 0 Å². The molecule has 0 radical (unpaired) electrons. The van der Waals surface area contributed by atoms with Crippen LogP contribution in [0.15, 0.2) is 23.1 Å². The third kappa shape index (κ3) is 3.54. The minimum absolute atomic E-state index is 0.137. The van der Waals surface area contributed by atoms with Crippen LogP contribution in [0.3, 0.4) is 0 Å². The van der Waals surface area contributed by atoms with E-state index in [1.165, 1.54) is 5.56 Å². The lowest BCUT2D eigenvalue weighted by molar-refractivity contribution is 0.200. The molecule has 0 atom stereocenters. The van der Waals surface area contributed by atoms with Gasteiger partial charge in [0.25, 0.3) is 0 Å². The number of methoxy groups -OCH3 is 1. The monoisotopic (exact) mass is 238 g/mol. The zero-order valence-electron chi connectivity index (χ0n) is 9.75. The first-order valence-corrected chi connectivity index (χ1v) is 6.21. The van der Waals surface area contributed by atoms with Gasteiger partial charge in [-0.15, -0.1) is 11.8 Å². The van der Waals surface area contributed by atoms with Gasteiger partial charge in [0.2, 0.25) is 0 Å². The summed E-state index contributed by atoms with van der Waals surface area (Å²) >= 11 is 1.74. The van der Waals surface area contributed by atoms with Crippen molar-refractivity contribution in [2.24, 2.45) is 5.73 Å². The van der Waals surface area contributed by atoms with E-state index >= 15 is 0 Å². The van der Waals surface area contributed by atoms with Crippen molar-refractivity contribution in [3.63, 3.8) is 0 Å². The van der Waals surface area contributed by atoms with Gasteiger partial charge in [0.15, 0.2) is 0 Å². The summed E-state index contributed by atoms with van der Waals surface area (Å²) in [7, 11) is 1.71. The second-order valence-corrected chi connectivity index (χ2v) is 4.67. The zero-order chi connectivity index (χ0) is 12.0. The summed E-state index contributed by atoms with van der Waals surface area (Å²) in [5, 5.41) is 7.53. The number of hydrogen-bond donors (Lipinski definition) is 2. The van der Waals surface area contributed by atoms with Gasteiger partial charge >= 0.3 is 0 Å². The first-order chi connectivity index (χ1) is 7.66. The lowest BCUT2D eigenvalue weighted by Crippen LogP contribution is -2.13. The number of amidine groups is 1. The lowest BCUT2D eigenvalue weighted by Gasteiger charge is -2.10. The van der Waals surface area contributed by atoms with Crippen molar-refractivity contribution in [1.82, 2.24) is 0 Å². The summed E-state index contributed by atoms with van der Waals surface area (Å²) in [5.41, 5.74) is 7.57. The van der Waals surface area contributed by atoms with Crippen molar-refractivity contribution in [1.29, 1.82) is 5.41 Å². The fraction of sp³-hybridized carbons (Fsp3) is 0.417. The maximum atomic E-state index is 7.53. The number of nitrogen functional groups attached to an aromatic ring is 1. The van der Waals surface area contributed by atoms with Gasteiger partial charge in [-0.3, -0.25) is 5.41 Å². The quantitative estimate of drug-likeness (QED) is 0.346. The smallest absolute Gasteiger partial charge is 0.123 e. The van der Waals surface area contributed by atoms with Crippen molar-refractivity contribution in [2.75, 3.05) is 19.5 Å². The maximum absolute atomic E-state index is 7.53. The van der Waals surface area contributed by atoms with Gasteiger partial charge in [0.05, 0.1) is 0 Å². The number of rotatable bonds is 6. The van der Waals surface area contributed by atoms with Crippen LogP contribution in [0.25, 0.3) is 0 Å². The van der Waals surface area contributed by atoms with Gasteiger partial charge in [0.1, 0.15) is 5.84 Å². The summed E-state index contributed by atoms with van der Waals surface area (Å²) in [6, 6.07) is 5.88. The van der Waals surface area contributed by atoms with Crippen LogP contribution in [0.5, 0.6) is 0 Å². The highest BCUT2D eigenvalue weighted by Gasteiger charge is 2.07. The molecule has 88 valence electrons. The molecule has 0 saturated heterocycles. The molecular weight excluding hydrogens is 220 g/mol. The Morgan fingerprint density at radius 2 is 2.25 bits per heavy atom. The zero-order valence-corrected chi connectivity index (χ0v) is 10.6. The Balaban J connectivity index is 2.73. The Kier molecular flexibility index (Phi) is 5.35. The van der Waals surface area contributed by atoms with Gasteiger partial charge in [-0.2, -0.15) is 0 Å². The van der Waals surface area contributed by atoms with Crippen LogP contribution in [-0.2, 0) is 4.74 Å². The van der Waals surface area contributed by atoms with Crippen molar-refractivity contribution >= 4 is 17.6 Å². The third-order valence-electron chi connectivity index (χ3n) is 2.24. The fourth-order valence-corrected chi connectivity index (χ4v) is 2.53. The molecule has 0 heterocycles. The Morgan fingerprint density at radius 1 is 1.50 bits per heavy atom. The molecule has 1 aromatic rings. The highest BCUT2D eigenvalue weighted by atomic mass is 32.2.